The number of pyridine rings is 1. The monoisotopic (exact) mass is 389 g/mol. The number of hydrogen-bond donors (Lipinski definition) is 2. The Balaban J connectivity index is 2.08. The van der Waals surface area contributed by atoms with Crippen LogP contribution in [-0.4, -0.2) is 56.9 Å². The van der Waals surface area contributed by atoms with Gasteiger partial charge in [0.15, 0.2) is 6.61 Å². The number of nitrogens with one attached hydrogen (secondary N) is 2. The van der Waals surface area contributed by atoms with Crippen molar-refractivity contribution in [2.75, 3.05) is 34.0 Å². The Hall–Kier alpha value is -3.04. The van der Waals surface area contributed by atoms with Crippen molar-refractivity contribution in [2.45, 2.75) is 13.5 Å². The highest BCUT2D eigenvalue weighted by Crippen LogP contribution is 2.24. The highest BCUT2D eigenvalue weighted by Gasteiger charge is 2.21. The zero-order valence-electron chi connectivity index (χ0n) is 16.0. The third-order valence-electron chi connectivity index (χ3n) is 3.89. The van der Waals surface area contributed by atoms with Gasteiger partial charge in [0.1, 0.15) is 0 Å². The smallest absolute Gasteiger partial charge is 0.340 e. The number of aromatic nitrogens is 1. The van der Waals surface area contributed by atoms with Gasteiger partial charge in [-0.1, -0.05) is 18.2 Å². The summed E-state index contributed by atoms with van der Waals surface area (Å²) < 4.78 is 15.0. The van der Waals surface area contributed by atoms with Crippen molar-refractivity contribution >= 4 is 28.8 Å². The number of fused-ring (bicyclic) bond motifs is 1. The first-order valence-corrected chi connectivity index (χ1v) is 8.58. The second-order valence-electron chi connectivity index (χ2n) is 5.88. The van der Waals surface area contributed by atoms with Crippen LogP contribution >= 0.6 is 0 Å². The average Bonchev–Trinajstić information content (AvgIpc) is 2.67. The van der Waals surface area contributed by atoms with Gasteiger partial charge in [0.05, 0.1) is 30.0 Å². The van der Waals surface area contributed by atoms with Gasteiger partial charge in [0.2, 0.25) is 0 Å². The molecule has 0 atom stereocenters. The Labute approximate surface area is 162 Å². The van der Waals surface area contributed by atoms with E-state index in [0.29, 0.717) is 17.9 Å². The van der Waals surface area contributed by atoms with Crippen LogP contribution in [-0.2, 0) is 25.6 Å². The highest BCUT2D eigenvalue weighted by molar-refractivity contribution is 6.00. The van der Waals surface area contributed by atoms with Crippen molar-refractivity contribution in [1.82, 2.24) is 15.6 Å². The van der Waals surface area contributed by atoms with Crippen LogP contribution in [0.3, 0.4) is 0 Å². The number of urea groups is 1. The predicted molar refractivity (Wildman–Crippen MR) is 101 cm³/mol. The molecule has 2 rings (SSSR count). The molecule has 1 aromatic carbocycles. The summed E-state index contributed by atoms with van der Waals surface area (Å²) in [4.78, 5) is 40.4. The van der Waals surface area contributed by atoms with Gasteiger partial charge in [0.25, 0.3) is 5.91 Å². The lowest BCUT2D eigenvalue weighted by molar-refractivity contribution is -0.123. The highest BCUT2D eigenvalue weighted by atomic mass is 16.5. The minimum atomic E-state index is -0.747. The van der Waals surface area contributed by atoms with Crippen LogP contribution in [0.25, 0.3) is 10.9 Å². The predicted octanol–water partition coefficient (Wildman–Crippen LogP) is 1.32. The van der Waals surface area contributed by atoms with Gasteiger partial charge >= 0.3 is 12.0 Å². The first kappa shape index (κ1) is 21.3. The van der Waals surface area contributed by atoms with E-state index in [4.69, 9.17) is 14.2 Å². The number of benzene rings is 1. The second-order valence-corrected chi connectivity index (χ2v) is 5.88. The molecule has 0 spiro atoms. The minimum Gasteiger partial charge on any atom is -0.452 e. The van der Waals surface area contributed by atoms with Crippen molar-refractivity contribution in [3.05, 3.63) is 41.1 Å². The number of methoxy groups -OCH3 is 2. The molecule has 28 heavy (non-hydrogen) atoms. The van der Waals surface area contributed by atoms with E-state index in [2.05, 4.69) is 15.6 Å². The molecule has 0 saturated carbocycles. The second kappa shape index (κ2) is 10.3. The van der Waals surface area contributed by atoms with E-state index in [1.165, 1.54) is 14.2 Å². The number of hydrogen-bond acceptors (Lipinski definition) is 7. The molecule has 3 amide bonds. The third kappa shape index (κ3) is 5.48. The number of nitrogens with zero attached hydrogens (tertiary/aromatic N) is 1. The van der Waals surface area contributed by atoms with Crippen molar-refractivity contribution < 1.29 is 28.6 Å². The van der Waals surface area contributed by atoms with Crippen LogP contribution in [0.2, 0.25) is 0 Å². The number of aryl methyl sites for hydroxylation is 1. The first-order chi connectivity index (χ1) is 13.5. The topological polar surface area (TPSA) is 116 Å². The molecule has 0 bridgehead atoms. The van der Waals surface area contributed by atoms with Crippen molar-refractivity contribution in [1.29, 1.82) is 0 Å². The van der Waals surface area contributed by atoms with E-state index in [-0.39, 0.29) is 18.7 Å². The van der Waals surface area contributed by atoms with Gasteiger partial charge in [0, 0.05) is 26.2 Å². The maximum Gasteiger partial charge on any atom is 0.340 e. The molecule has 0 radical (unpaired) electrons. The van der Waals surface area contributed by atoms with E-state index >= 15 is 0 Å². The molecule has 2 aromatic rings. The molecule has 150 valence electrons. The molecule has 0 aliphatic rings. The van der Waals surface area contributed by atoms with Gasteiger partial charge < -0.3 is 19.5 Å². The lowest BCUT2D eigenvalue weighted by Gasteiger charge is -2.14. The lowest BCUT2D eigenvalue weighted by Crippen LogP contribution is -2.42. The maximum absolute atomic E-state index is 12.6. The number of amides is 3. The van der Waals surface area contributed by atoms with Gasteiger partial charge in [-0.2, -0.15) is 0 Å². The molecule has 9 nitrogen and oxygen atoms in total. The van der Waals surface area contributed by atoms with Gasteiger partial charge in [-0.25, -0.2) is 14.6 Å². The number of imide groups is 1. The van der Waals surface area contributed by atoms with Crippen LogP contribution in [0.15, 0.2) is 24.3 Å². The molecule has 1 heterocycles. The zero-order chi connectivity index (χ0) is 20.5. The summed E-state index contributed by atoms with van der Waals surface area (Å²) in [6, 6.07) is 6.69. The Kier molecular flexibility index (Phi) is 7.85. The quantitative estimate of drug-likeness (QED) is 0.517. The molecular formula is C19H23N3O6. The number of carbonyl (C=O) groups is 3. The summed E-state index contributed by atoms with van der Waals surface area (Å²) in [5.41, 5.74) is 2.08. The minimum absolute atomic E-state index is 0.115. The zero-order valence-corrected chi connectivity index (χ0v) is 16.0. The number of rotatable bonds is 8. The molecule has 0 aliphatic heterocycles. The first-order valence-electron chi connectivity index (χ1n) is 8.58. The summed E-state index contributed by atoms with van der Waals surface area (Å²) in [5, 5.41) is 5.30. The largest absolute Gasteiger partial charge is 0.452 e. The lowest BCUT2D eigenvalue weighted by atomic mass is 10.0. The molecule has 0 fully saturated rings. The number of para-hydroxylation sites is 1. The summed E-state index contributed by atoms with van der Waals surface area (Å²) in [6.45, 7) is 1.85. The van der Waals surface area contributed by atoms with E-state index < -0.39 is 24.5 Å². The van der Waals surface area contributed by atoms with E-state index in [9.17, 15) is 14.4 Å². The van der Waals surface area contributed by atoms with Crippen LogP contribution in [0.4, 0.5) is 4.79 Å². The molecule has 0 saturated heterocycles. The molecule has 0 unspecified atom stereocenters. The van der Waals surface area contributed by atoms with Crippen molar-refractivity contribution in [3.63, 3.8) is 0 Å². The molecule has 9 heteroatoms. The number of carbonyl (C=O) groups excluding carboxylic acids is 3. The summed E-state index contributed by atoms with van der Waals surface area (Å²) in [5.74, 6) is -1.46. The maximum atomic E-state index is 12.6. The Morgan fingerprint density at radius 1 is 1.11 bits per heavy atom. The third-order valence-corrected chi connectivity index (χ3v) is 3.89. The van der Waals surface area contributed by atoms with Crippen LogP contribution in [0.1, 0.15) is 21.6 Å². The van der Waals surface area contributed by atoms with Crippen LogP contribution < -0.4 is 10.6 Å². The Bertz CT molecular complexity index is 868. The average molecular weight is 389 g/mol. The summed E-state index contributed by atoms with van der Waals surface area (Å²) in [7, 11) is 2.99. The van der Waals surface area contributed by atoms with Crippen LogP contribution in [0, 0.1) is 6.92 Å². The van der Waals surface area contributed by atoms with Crippen molar-refractivity contribution in [3.8, 4) is 0 Å². The fourth-order valence-electron chi connectivity index (χ4n) is 2.63. The van der Waals surface area contributed by atoms with E-state index in [1.807, 2.05) is 24.3 Å². The molecular weight excluding hydrogens is 366 g/mol. The Morgan fingerprint density at radius 2 is 1.86 bits per heavy atom. The number of esters is 1. The molecule has 1 aromatic heterocycles. The molecule has 2 N–H and O–H groups in total. The standard InChI is InChI=1S/C19H23N3O6/c1-12-13-6-4-5-7-14(13)21-15(10-27-3)17(12)18(24)28-11-16(23)22-19(25)20-8-9-26-2/h4-7H,8-11H2,1-3H3,(H2,20,22,23,25). The van der Waals surface area contributed by atoms with Gasteiger partial charge in [-0.05, 0) is 18.6 Å². The van der Waals surface area contributed by atoms with Gasteiger partial charge in [-0.15, -0.1) is 0 Å². The SMILES string of the molecule is COCCNC(=O)NC(=O)COC(=O)c1c(COC)nc2ccccc2c1C. The fraction of sp³-hybridized carbons (Fsp3) is 0.368. The normalized spacial score (nSPS) is 10.5. The number of ether oxygens (including phenoxy) is 3. The summed E-state index contributed by atoms with van der Waals surface area (Å²) in [6.07, 6.45) is 0. The summed E-state index contributed by atoms with van der Waals surface area (Å²) >= 11 is 0. The van der Waals surface area contributed by atoms with E-state index in [0.717, 1.165) is 10.9 Å². The molecule has 0 aliphatic carbocycles. The van der Waals surface area contributed by atoms with E-state index in [1.54, 1.807) is 6.92 Å². The van der Waals surface area contributed by atoms with Crippen LogP contribution in [0.5, 0.6) is 0 Å². The Morgan fingerprint density at radius 3 is 2.57 bits per heavy atom. The fourth-order valence-corrected chi connectivity index (χ4v) is 2.63. The van der Waals surface area contributed by atoms with Gasteiger partial charge in [-0.3, -0.25) is 10.1 Å². The van der Waals surface area contributed by atoms with Crippen molar-refractivity contribution in [2.24, 2.45) is 0 Å².